The van der Waals surface area contributed by atoms with Crippen molar-refractivity contribution in [1.82, 2.24) is 25.9 Å². The van der Waals surface area contributed by atoms with Gasteiger partial charge in [-0.25, -0.2) is 9.78 Å². The van der Waals surface area contributed by atoms with Crippen molar-refractivity contribution >= 4 is 23.7 Å². The zero-order valence-corrected chi connectivity index (χ0v) is 22.8. The van der Waals surface area contributed by atoms with E-state index in [4.69, 9.17) is 5.73 Å². The molecule has 0 radical (unpaired) electrons. The van der Waals surface area contributed by atoms with E-state index in [1.54, 1.807) is 32.2 Å². The maximum absolute atomic E-state index is 13.4. The van der Waals surface area contributed by atoms with Crippen LogP contribution in [0.25, 0.3) is 0 Å². The van der Waals surface area contributed by atoms with Gasteiger partial charge in [-0.3, -0.25) is 14.4 Å². The summed E-state index contributed by atoms with van der Waals surface area (Å²) in [5.74, 6) is -3.51. The Balaban J connectivity index is 2.15. The molecule has 214 valence electrons. The number of aromatic amines is 1. The Labute approximate surface area is 228 Å². The topological polar surface area (TPSA) is 200 Å². The van der Waals surface area contributed by atoms with E-state index in [9.17, 15) is 29.4 Å². The zero-order chi connectivity index (χ0) is 29.1. The first-order chi connectivity index (χ1) is 18.5. The number of phenolic OH excluding ortho intramolecular Hbond substituents is 1. The maximum atomic E-state index is 13.4. The number of carbonyl (C=O) groups is 4. The fourth-order valence-electron chi connectivity index (χ4n) is 3.96. The molecule has 0 aliphatic heterocycles. The highest BCUT2D eigenvalue weighted by atomic mass is 16.4. The second-order valence-corrected chi connectivity index (χ2v) is 9.90. The van der Waals surface area contributed by atoms with Crippen LogP contribution in [0.15, 0.2) is 36.8 Å². The summed E-state index contributed by atoms with van der Waals surface area (Å²) in [5.41, 5.74) is 7.33. The molecule has 0 bridgehead atoms. The van der Waals surface area contributed by atoms with Gasteiger partial charge in [-0.05, 0) is 29.5 Å². The predicted octanol–water partition coefficient (Wildman–Crippen LogP) is 0.859. The van der Waals surface area contributed by atoms with Gasteiger partial charge in [0.15, 0.2) is 0 Å². The van der Waals surface area contributed by atoms with Crippen molar-refractivity contribution in [2.24, 2.45) is 17.6 Å². The molecule has 0 saturated carbocycles. The van der Waals surface area contributed by atoms with Gasteiger partial charge in [0.05, 0.1) is 12.4 Å². The molecule has 12 nitrogen and oxygen atoms in total. The van der Waals surface area contributed by atoms with Crippen molar-refractivity contribution in [2.75, 3.05) is 0 Å². The number of rotatable bonds is 15. The van der Waals surface area contributed by atoms with Crippen molar-refractivity contribution in [1.29, 1.82) is 0 Å². The Morgan fingerprint density at radius 2 is 1.44 bits per heavy atom. The summed E-state index contributed by atoms with van der Waals surface area (Å²) in [6.45, 7) is 7.31. The van der Waals surface area contributed by atoms with Crippen LogP contribution in [0.1, 0.15) is 51.8 Å². The lowest BCUT2D eigenvalue weighted by Crippen LogP contribution is -2.60. The van der Waals surface area contributed by atoms with Crippen LogP contribution in [-0.4, -0.2) is 68.0 Å². The minimum absolute atomic E-state index is 0.0116. The molecule has 3 amide bonds. The maximum Gasteiger partial charge on any atom is 0.326 e. The molecule has 0 saturated heterocycles. The Hall–Kier alpha value is -3.93. The normalized spacial score (nSPS) is 15.7. The number of nitrogens with two attached hydrogens (primary N) is 1. The highest BCUT2D eigenvalue weighted by molar-refractivity contribution is 5.94. The summed E-state index contributed by atoms with van der Waals surface area (Å²) >= 11 is 0. The number of amides is 3. The number of nitrogens with zero attached hydrogens (tertiary/aromatic N) is 1. The lowest BCUT2D eigenvalue weighted by atomic mass is 9.94. The van der Waals surface area contributed by atoms with Crippen molar-refractivity contribution in [3.63, 3.8) is 0 Å². The number of aliphatic carboxylic acids is 1. The van der Waals surface area contributed by atoms with Gasteiger partial charge in [-0.15, -0.1) is 0 Å². The Morgan fingerprint density at radius 1 is 0.897 bits per heavy atom. The number of phenols is 1. The van der Waals surface area contributed by atoms with Gasteiger partial charge in [0.25, 0.3) is 0 Å². The third-order valence-corrected chi connectivity index (χ3v) is 6.91. The average molecular weight is 545 g/mol. The number of nitrogens with one attached hydrogen (secondary N) is 4. The third kappa shape index (κ3) is 9.40. The van der Waals surface area contributed by atoms with E-state index in [2.05, 4.69) is 25.9 Å². The number of imidazole rings is 1. The van der Waals surface area contributed by atoms with E-state index >= 15 is 0 Å². The smallest absolute Gasteiger partial charge is 0.326 e. The monoisotopic (exact) mass is 544 g/mol. The number of carboxylic acids is 1. The van der Waals surface area contributed by atoms with Crippen molar-refractivity contribution in [3.05, 3.63) is 48.0 Å². The Kier molecular flexibility index (Phi) is 11.9. The van der Waals surface area contributed by atoms with Gasteiger partial charge in [-0.1, -0.05) is 52.7 Å². The van der Waals surface area contributed by atoms with Gasteiger partial charge < -0.3 is 36.9 Å². The largest absolute Gasteiger partial charge is 0.508 e. The molecule has 0 aliphatic rings. The Morgan fingerprint density at radius 3 is 1.92 bits per heavy atom. The van der Waals surface area contributed by atoms with Crippen LogP contribution < -0.4 is 21.7 Å². The number of carboxylic acid groups (broad SMARTS) is 1. The quantitative estimate of drug-likeness (QED) is 0.171. The van der Waals surface area contributed by atoms with Gasteiger partial charge in [0.1, 0.15) is 23.9 Å². The Bertz CT molecular complexity index is 1090. The van der Waals surface area contributed by atoms with Crippen molar-refractivity contribution < 1.29 is 29.4 Å². The average Bonchev–Trinajstić information content (AvgIpc) is 3.42. The fraction of sp³-hybridized carbons (Fsp3) is 0.519. The number of hydrogen-bond donors (Lipinski definition) is 7. The molecule has 6 unspecified atom stereocenters. The lowest BCUT2D eigenvalue weighted by molar-refractivity contribution is -0.142. The van der Waals surface area contributed by atoms with E-state index in [1.807, 2.05) is 13.8 Å². The summed E-state index contributed by atoms with van der Waals surface area (Å²) in [5, 5.41) is 27.2. The van der Waals surface area contributed by atoms with E-state index in [-0.39, 0.29) is 30.4 Å². The van der Waals surface area contributed by atoms with E-state index in [1.165, 1.54) is 18.5 Å². The minimum Gasteiger partial charge on any atom is -0.508 e. The molecule has 0 aliphatic carbocycles. The van der Waals surface area contributed by atoms with Crippen LogP contribution in [0.3, 0.4) is 0 Å². The summed E-state index contributed by atoms with van der Waals surface area (Å²) in [4.78, 5) is 58.2. The van der Waals surface area contributed by atoms with Crippen molar-refractivity contribution in [2.45, 2.75) is 77.5 Å². The molecule has 1 aromatic heterocycles. The molecular formula is C27H40N6O6. The number of benzene rings is 1. The van der Waals surface area contributed by atoms with Crippen LogP contribution in [0.4, 0.5) is 0 Å². The third-order valence-electron chi connectivity index (χ3n) is 6.91. The molecule has 39 heavy (non-hydrogen) atoms. The number of hydrogen-bond acceptors (Lipinski definition) is 7. The first kappa shape index (κ1) is 31.3. The van der Waals surface area contributed by atoms with Crippen LogP contribution >= 0.6 is 0 Å². The van der Waals surface area contributed by atoms with E-state index in [0.717, 1.165) is 0 Å². The molecule has 2 rings (SSSR count). The van der Waals surface area contributed by atoms with Gasteiger partial charge in [-0.2, -0.15) is 0 Å². The molecule has 0 fully saturated rings. The summed E-state index contributed by atoms with van der Waals surface area (Å²) < 4.78 is 0. The van der Waals surface area contributed by atoms with E-state index < -0.39 is 47.9 Å². The SMILES string of the molecule is CCC(C)C(NC(=O)C(N)Cc1cnc[nH]1)C(=O)NC(C(=O)NC(Cc1ccc(O)cc1)C(=O)O)C(C)CC. The number of carbonyl (C=O) groups excluding carboxylic acids is 3. The highest BCUT2D eigenvalue weighted by Crippen LogP contribution is 2.15. The van der Waals surface area contributed by atoms with Crippen LogP contribution in [-0.2, 0) is 32.0 Å². The molecule has 12 heteroatoms. The second-order valence-electron chi connectivity index (χ2n) is 9.90. The number of aromatic hydroxyl groups is 1. The van der Waals surface area contributed by atoms with Crippen LogP contribution in [0.5, 0.6) is 5.75 Å². The molecule has 1 heterocycles. The summed E-state index contributed by atoms with van der Waals surface area (Å²) in [6.07, 6.45) is 4.34. The molecular weight excluding hydrogens is 504 g/mol. The van der Waals surface area contributed by atoms with Gasteiger partial charge in [0.2, 0.25) is 17.7 Å². The first-order valence-corrected chi connectivity index (χ1v) is 13.1. The van der Waals surface area contributed by atoms with Gasteiger partial charge in [0, 0.05) is 24.7 Å². The highest BCUT2D eigenvalue weighted by Gasteiger charge is 2.34. The zero-order valence-electron chi connectivity index (χ0n) is 22.8. The molecule has 0 spiro atoms. The minimum atomic E-state index is -1.25. The summed E-state index contributed by atoms with van der Waals surface area (Å²) in [6, 6.07) is 1.84. The molecule has 1 aromatic carbocycles. The van der Waals surface area contributed by atoms with Gasteiger partial charge >= 0.3 is 5.97 Å². The van der Waals surface area contributed by atoms with Crippen LogP contribution in [0, 0.1) is 11.8 Å². The second kappa shape index (κ2) is 14.9. The fourth-order valence-corrected chi connectivity index (χ4v) is 3.96. The predicted molar refractivity (Wildman–Crippen MR) is 144 cm³/mol. The summed E-state index contributed by atoms with van der Waals surface area (Å²) in [7, 11) is 0. The van der Waals surface area contributed by atoms with E-state index in [0.29, 0.717) is 24.1 Å². The standard InChI is InChI=1S/C27H40N6O6/c1-5-15(3)22(25(36)31-21(27(38)39)11-17-7-9-19(34)10-8-17)33-26(37)23(16(4)6-2)32-24(35)20(28)12-18-13-29-14-30-18/h7-10,13-16,20-23,34H,5-6,11-12,28H2,1-4H3,(H,29,30)(H,31,36)(H,32,35)(H,33,37)(H,38,39). The number of aromatic nitrogens is 2. The molecule has 6 atom stereocenters. The molecule has 2 aromatic rings. The lowest BCUT2D eigenvalue weighted by Gasteiger charge is -2.30. The van der Waals surface area contributed by atoms with Crippen molar-refractivity contribution in [3.8, 4) is 5.75 Å². The first-order valence-electron chi connectivity index (χ1n) is 13.1. The molecule has 8 N–H and O–H groups in total. The van der Waals surface area contributed by atoms with Crippen LogP contribution in [0.2, 0.25) is 0 Å². The number of H-pyrrole nitrogens is 1.